The molecule has 2 aliphatic carbocycles. The van der Waals surface area contributed by atoms with Gasteiger partial charge in [-0.1, -0.05) is 0 Å². The van der Waals surface area contributed by atoms with Crippen molar-refractivity contribution in [3.63, 3.8) is 0 Å². The number of carbonyl (C=O) groups excluding carboxylic acids is 1. The molecule has 0 bridgehead atoms. The molecule has 0 spiro atoms. The molecule has 1 heterocycles. The number of carboxylic acids is 1. The molecule has 16 nitrogen and oxygen atoms in total. The number of rotatable bonds is 13. The quantitative estimate of drug-likeness (QED) is 0.0922. The molecule has 1 unspecified atom stereocenters. The van der Waals surface area contributed by atoms with Gasteiger partial charge >= 0.3 is 5.97 Å². The molecule has 16 heteroatoms. The first kappa shape index (κ1) is 35.5. The highest BCUT2D eigenvalue weighted by Gasteiger charge is 2.53. The molecular weight excluding hydrogens is 568 g/mol. The lowest BCUT2D eigenvalue weighted by Gasteiger charge is -2.51. The predicted octanol–water partition coefficient (Wildman–Crippen LogP) is -4.83. The van der Waals surface area contributed by atoms with Crippen LogP contribution < -0.4 is 33.2 Å². The number of nitrogens with two attached hydrogens (primary N) is 3. The largest absolute Gasteiger partial charge is 0.492 e. The normalized spacial score (nSPS) is 39.7. The number of hydrogen-bond acceptors (Lipinski definition) is 14. The Morgan fingerprint density at radius 2 is 1.88 bits per heavy atom. The van der Waals surface area contributed by atoms with E-state index in [9.17, 15) is 35.1 Å². The van der Waals surface area contributed by atoms with Crippen LogP contribution in [0.3, 0.4) is 0 Å². The monoisotopic (exact) mass is 618 g/mol. The minimum absolute atomic E-state index is 0.0268. The van der Waals surface area contributed by atoms with Crippen LogP contribution in [0.5, 0.6) is 0 Å². The summed E-state index contributed by atoms with van der Waals surface area (Å²) in [5.74, 6) is -2.41. The number of aliphatic hydroxyl groups is 5. The number of likely N-dealkylation sites (N-methyl/N-ethyl adjacent to an activating group) is 1. The molecule has 0 aromatic heterocycles. The van der Waals surface area contributed by atoms with Gasteiger partial charge in [-0.3, -0.25) is 4.79 Å². The standard InChI is InChI=1S/C27H50N6O10/c1-27(41)7-5-18(20(36)24(27)31-2)43-23-15(33-25(38)16(34)6-8-28)9-14(30)19(21(23)37)22-13(29)4-3-12(42-22)10-32-11-17(35)26(39)40/h3,13-24,31-32,34-37,41H,4-11,28-30H2,1-2H3,(H,33,38)(H,39,40)/t13-,14+,15-,16+,17+,18+,19?,20+,21+,22+,23+,24-,27+/m1/s1. The van der Waals surface area contributed by atoms with Gasteiger partial charge in [-0.05, 0) is 58.7 Å². The average Bonchev–Trinajstić information content (AvgIpc) is 2.93. The van der Waals surface area contributed by atoms with Crippen LogP contribution in [-0.2, 0) is 19.1 Å². The van der Waals surface area contributed by atoms with E-state index in [2.05, 4.69) is 16.0 Å². The molecular formula is C27H50N6O10. The van der Waals surface area contributed by atoms with Crippen molar-refractivity contribution in [1.29, 1.82) is 0 Å². The van der Waals surface area contributed by atoms with Crippen molar-refractivity contribution in [2.75, 3.05) is 26.7 Å². The number of amides is 1. The molecule has 2 fully saturated rings. The van der Waals surface area contributed by atoms with Crippen LogP contribution in [-0.4, -0.2) is 142 Å². The van der Waals surface area contributed by atoms with Crippen LogP contribution in [0.15, 0.2) is 11.8 Å². The molecule has 0 radical (unpaired) electrons. The van der Waals surface area contributed by atoms with Crippen LogP contribution in [0.2, 0.25) is 0 Å². The van der Waals surface area contributed by atoms with Gasteiger partial charge in [-0.25, -0.2) is 4.79 Å². The minimum Gasteiger partial charge on any atom is -0.492 e. The first-order valence-electron chi connectivity index (χ1n) is 14.8. The van der Waals surface area contributed by atoms with Crippen molar-refractivity contribution < 1.29 is 49.7 Å². The molecule has 13 atom stereocenters. The number of aliphatic carboxylic acids is 1. The third-order valence-corrected chi connectivity index (χ3v) is 8.82. The van der Waals surface area contributed by atoms with Crippen molar-refractivity contribution in [1.82, 2.24) is 16.0 Å². The van der Waals surface area contributed by atoms with E-state index < -0.39 is 90.3 Å². The Morgan fingerprint density at radius 1 is 1.19 bits per heavy atom. The van der Waals surface area contributed by atoms with Gasteiger partial charge in [-0.2, -0.15) is 0 Å². The molecule has 248 valence electrons. The lowest BCUT2D eigenvalue weighted by Crippen LogP contribution is -2.68. The Hall–Kier alpha value is -1.96. The summed E-state index contributed by atoms with van der Waals surface area (Å²) in [6.07, 6.45) is -5.33. The predicted molar refractivity (Wildman–Crippen MR) is 153 cm³/mol. The van der Waals surface area contributed by atoms with E-state index >= 15 is 0 Å². The molecule has 0 aromatic rings. The van der Waals surface area contributed by atoms with E-state index in [1.54, 1.807) is 20.0 Å². The summed E-state index contributed by atoms with van der Waals surface area (Å²) < 4.78 is 12.5. The van der Waals surface area contributed by atoms with Gasteiger partial charge in [0.15, 0.2) is 6.10 Å². The average molecular weight is 619 g/mol. The van der Waals surface area contributed by atoms with Crippen molar-refractivity contribution >= 4 is 11.9 Å². The molecule has 1 aliphatic heterocycles. The summed E-state index contributed by atoms with van der Waals surface area (Å²) in [6, 6.07) is -2.87. The van der Waals surface area contributed by atoms with E-state index in [0.29, 0.717) is 18.6 Å². The fraction of sp³-hybridized carbons (Fsp3) is 0.852. The number of carbonyl (C=O) groups is 2. The Morgan fingerprint density at radius 3 is 2.51 bits per heavy atom. The number of nitrogens with one attached hydrogen (secondary N) is 3. The van der Waals surface area contributed by atoms with E-state index in [0.717, 1.165) is 0 Å². The van der Waals surface area contributed by atoms with E-state index in [1.165, 1.54) is 0 Å². The van der Waals surface area contributed by atoms with Gasteiger partial charge in [0.25, 0.3) is 0 Å². The Labute approximate surface area is 251 Å². The highest BCUT2D eigenvalue weighted by Crippen LogP contribution is 2.37. The second kappa shape index (κ2) is 15.4. The Bertz CT molecular complexity index is 973. The summed E-state index contributed by atoms with van der Waals surface area (Å²) in [5, 5.41) is 70.7. The number of hydrogen-bond donors (Lipinski definition) is 12. The van der Waals surface area contributed by atoms with Crippen LogP contribution in [0, 0.1) is 5.92 Å². The molecule has 3 aliphatic rings. The minimum atomic E-state index is -1.59. The van der Waals surface area contributed by atoms with E-state index in [4.69, 9.17) is 31.8 Å². The first-order chi connectivity index (χ1) is 20.2. The molecule has 15 N–H and O–H groups in total. The second-order valence-electron chi connectivity index (χ2n) is 12.1. The lowest BCUT2D eigenvalue weighted by molar-refractivity contribution is -0.200. The van der Waals surface area contributed by atoms with E-state index in [-0.39, 0.29) is 38.9 Å². The maximum atomic E-state index is 12.8. The number of ether oxygens (including phenoxy) is 2. The van der Waals surface area contributed by atoms with Crippen LogP contribution in [0.1, 0.15) is 39.0 Å². The third kappa shape index (κ3) is 8.61. The third-order valence-electron chi connectivity index (χ3n) is 8.82. The first-order valence-corrected chi connectivity index (χ1v) is 14.8. The molecule has 0 aromatic carbocycles. The van der Waals surface area contributed by atoms with Crippen molar-refractivity contribution in [2.24, 2.45) is 23.1 Å². The Kier molecular flexibility index (Phi) is 12.7. The molecule has 1 amide bonds. The lowest BCUT2D eigenvalue weighted by atomic mass is 9.72. The fourth-order valence-corrected chi connectivity index (χ4v) is 6.40. The van der Waals surface area contributed by atoms with Gasteiger partial charge in [0.1, 0.15) is 24.1 Å². The number of aliphatic hydroxyl groups excluding tert-OH is 4. The van der Waals surface area contributed by atoms with Gasteiger partial charge in [0, 0.05) is 24.5 Å². The van der Waals surface area contributed by atoms with Crippen LogP contribution >= 0.6 is 0 Å². The zero-order chi connectivity index (χ0) is 32.1. The SMILES string of the molecule is CN[C@@H]1[C@@H](O)[C@@H](O[C@H]2[C@H](NC(=O)[C@@H](O)CCN)C[C@H](N)C([C@H]3OC(CNC[C@H](O)C(=O)O)=CC[C@H]3N)[C@@H]2O)CC[C@]1(C)O. The summed E-state index contributed by atoms with van der Waals surface area (Å²) in [7, 11) is 1.61. The zero-order valence-corrected chi connectivity index (χ0v) is 24.7. The van der Waals surface area contributed by atoms with Crippen LogP contribution in [0.25, 0.3) is 0 Å². The maximum Gasteiger partial charge on any atom is 0.333 e. The van der Waals surface area contributed by atoms with Crippen molar-refractivity contribution in [2.45, 2.75) is 112 Å². The topological polar surface area (TPSA) is 288 Å². The van der Waals surface area contributed by atoms with Gasteiger partial charge in [0.05, 0.1) is 42.5 Å². The summed E-state index contributed by atoms with van der Waals surface area (Å²) in [5.41, 5.74) is 17.3. The number of carboxylic acid groups (broad SMARTS) is 1. The molecule has 2 saturated carbocycles. The highest BCUT2D eigenvalue weighted by atomic mass is 16.5. The molecule has 3 rings (SSSR count). The maximum absolute atomic E-state index is 12.8. The highest BCUT2D eigenvalue weighted by molar-refractivity contribution is 5.80. The fourth-order valence-electron chi connectivity index (χ4n) is 6.40. The summed E-state index contributed by atoms with van der Waals surface area (Å²) in [4.78, 5) is 23.7. The van der Waals surface area contributed by atoms with Gasteiger partial charge in [0.2, 0.25) is 5.91 Å². The van der Waals surface area contributed by atoms with Gasteiger partial charge in [-0.15, -0.1) is 0 Å². The molecule has 43 heavy (non-hydrogen) atoms. The zero-order valence-electron chi connectivity index (χ0n) is 24.7. The smallest absolute Gasteiger partial charge is 0.333 e. The van der Waals surface area contributed by atoms with Crippen molar-refractivity contribution in [3.05, 3.63) is 11.8 Å². The summed E-state index contributed by atoms with van der Waals surface area (Å²) in [6.45, 7) is 1.59. The van der Waals surface area contributed by atoms with Crippen molar-refractivity contribution in [3.8, 4) is 0 Å². The second-order valence-corrected chi connectivity index (χ2v) is 12.1. The molecule has 0 saturated heterocycles. The van der Waals surface area contributed by atoms with E-state index in [1.807, 2.05) is 0 Å². The van der Waals surface area contributed by atoms with Gasteiger partial charge < -0.3 is 73.3 Å². The van der Waals surface area contributed by atoms with Crippen LogP contribution in [0.4, 0.5) is 0 Å². The Balaban J connectivity index is 1.82. The summed E-state index contributed by atoms with van der Waals surface area (Å²) >= 11 is 0.